The van der Waals surface area contributed by atoms with Crippen LogP contribution in [0.25, 0.3) is 11.1 Å². The molecule has 0 aromatic heterocycles. The number of likely N-dealkylation sites (tertiary alicyclic amines) is 1. The highest BCUT2D eigenvalue weighted by atomic mass is 19.4. The molecule has 0 spiro atoms. The van der Waals surface area contributed by atoms with Crippen LogP contribution in [-0.2, 0) is 15.0 Å². The lowest BCUT2D eigenvalue weighted by molar-refractivity contribution is -0.173. The number of nitrogens with zero attached hydrogens (tertiary/aromatic N) is 1. The van der Waals surface area contributed by atoms with Crippen LogP contribution in [0.2, 0.25) is 0 Å². The van der Waals surface area contributed by atoms with Crippen molar-refractivity contribution in [3.8, 4) is 11.1 Å². The van der Waals surface area contributed by atoms with Gasteiger partial charge in [0, 0.05) is 13.1 Å². The summed E-state index contributed by atoms with van der Waals surface area (Å²) in [6.07, 6.45) is -6.44. The quantitative estimate of drug-likeness (QED) is 0.331. The Morgan fingerprint density at radius 2 is 1.51 bits per heavy atom. The second-order valence-corrected chi connectivity index (χ2v) is 10.3. The van der Waals surface area contributed by atoms with E-state index in [-0.39, 0.29) is 12.5 Å². The molecule has 1 aliphatic heterocycles. The van der Waals surface area contributed by atoms with Crippen molar-refractivity contribution in [2.24, 2.45) is 5.92 Å². The predicted molar refractivity (Wildman–Crippen MR) is 134 cm³/mol. The molecular formula is C28H31F6N3O2. The third-order valence-electron chi connectivity index (χ3n) is 7.59. The molecule has 1 heterocycles. The second-order valence-electron chi connectivity index (χ2n) is 10.3. The molecule has 1 aliphatic carbocycles. The van der Waals surface area contributed by atoms with Gasteiger partial charge < -0.3 is 15.5 Å². The van der Waals surface area contributed by atoms with E-state index in [1.54, 1.807) is 24.3 Å². The maximum absolute atomic E-state index is 13.5. The van der Waals surface area contributed by atoms with Crippen LogP contribution in [-0.4, -0.2) is 61.8 Å². The molecule has 0 saturated carbocycles. The van der Waals surface area contributed by atoms with Gasteiger partial charge in [0.2, 0.25) is 5.91 Å². The van der Waals surface area contributed by atoms with Crippen molar-refractivity contribution < 1.29 is 35.9 Å². The molecule has 1 unspecified atom stereocenters. The summed E-state index contributed by atoms with van der Waals surface area (Å²) in [5.41, 5.74) is 1.77. The zero-order valence-corrected chi connectivity index (χ0v) is 21.3. The fourth-order valence-corrected chi connectivity index (χ4v) is 5.87. The highest BCUT2D eigenvalue weighted by Gasteiger charge is 2.49. The lowest BCUT2D eigenvalue weighted by Crippen LogP contribution is -2.47. The SMILES string of the molecule is O=C(NCC1CCCN(CCCCC2(C(=O)NCC(F)(F)F)c3ccccc3-c3ccccc32)C1)C(F)(F)F. The van der Waals surface area contributed by atoms with Crippen LogP contribution >= 0.6 is 0 Å². The highest BCUT2D eigenvalue weighted by molar-refractivity contribution is 6.00. The van der Waals surface area contributed by atoms with Crippen molar-refractivity contribution in [3.63, 3.8) is 0 Å². The molecule has 2 aromatic carbocycles. The fraction of sp³-hybridized carbons (Fsp3) is 0.500. The summed E-state index contributed by atoms with van der Waals surface area (Å²) in [4.78, 5) is 26.8. The number of nitrogens with one attached hydrogen (secondary N) is 2. The average Bonchev–Trinajstić information content (AvgIpc) is 3.18. The van der Waals surface area contributed by atoms with Gasteiger partial charge in [-0.15, -0.1) is 0 Å². The largest absolute Gasteiger partial charge is 0.471 e. The number of hydrogen-bond acceptors (Lipinski definition) is 3. The van der Waals surface area contributed by atoms with E-state index in [4.69, 9.17) is 0 Å². The van der Waals surface area contributed by atoms with Gasteiger partial charge in [-0.25, -0.2) is 0 Å². The van der Waals surface area contributed by atoms with E-state index in [1.807, 2.05) is 29.6 Å². The first-order valence-corrected chi connectivity index (χ1v) is 13.0. The molecule has 0 bridgehead atoms. The predicted octanol–water partition coefficient (Wildman–Crippen LogP) is 5.19. The van der Waals surface area contributed by atoms with Gasteiger partial charge >= 0.3 is 18.3 Å². The average molecular weight is 556 g/mol. The number of carbonyl (C=O) groups excluding carboxylic acids is 2. The molecule has 1 fully saturated rings. The molecule has 5 nitrogen and oxygen atoms in total. The fourth-order valence-electron chi connectivity index (χ4n) is 5.87. The smallest absolute Gasteiger partial charge is 0.348 e. The number of rotatable bonds is 9. The van der Waals surface area contributed by atoms with Crippen LogP contribution < -0.4 is 10.6 Å². The first kappa shape index (κ1) is 28.9. The van der Waals surface area contributed by atoms with Crippen LogP contribution in [0.5, 0.6) is 0 Å². The number of amides is 2. The molecule has 0 radical (unpaired) electrons. The Morgan fingerprint density at radius 1 is 0.897 bits per heavy atom. The number of fused-ring (bicyclic) bond motifs is 3. The van der Waals surface area contributed by atoms with Crippen molar-refractivity contribution >= 4 is 11.8 Å². The van der Waals surface area contributed by atoms with Gasteiger partial charge in [-0.2, -0.15) is 26.3 Å². The maximum atomic E-state index is 13.5. The highest BCUT2D eigenvalue weighted by Crippen LogP contribution is 2.51. The number of alkyl halides is 6. The van der Waals surface area contributed by atoms with Gasteiger partial charge in [-0.1, -0.05) is 55.0 Å². The summed E-state index contributed by atoms with van der Waals surface area (Å²) < 4.78 is 76.5. The summed E-state index contributed by atoms with van der Waals surface area (Å²) in [6, 6.07) is 14.6. The van der Waals surface area contributed by atoms with Crippen molar-refractivity contribution in [1.29, 1.82) is 0 Å². The van der Waals surface area contributed by atoms with Gasteiger partial charge in [0.15, 0.2) is 0 Å². The maximum Gasteiger partial charge on any atom is 0.471 e. The zero-order chi connectivity index (χ0) is 28.3. The monoisotopic (exact) mass is 555 g/mol. The van der Waals surface area contributed by atoms with E-state index in [1.165, 1.54) is 0 Å². The van der Waals surface area contributed by atoms with E-state index in [0.29, 0.717) is 49.9 Å². The Morgan fingerprint density at radius 3 is 2.10 bits per heavy atom. The van der Waals surface area contributed by atoms with Gasteiger partial charge in [0.1, 0.15) is 12.0 Å². The molecule has 39 heavy (non-hydrogen) atoms. The Labute approximate surface area is 222 Å². The van der Waals surface area contributed by atoms with Gasteiger partial charge in [-0.05, 0) is 66.9 Å². The standard InChI is InChI=1S/C28H31F6N3O2/c29-27(30,31)18-36-24(38)26(22-11-3-1-9-20(22)21-10-2-4-12-23(21)26)13-5-6-14-37-15-7-8-19(17-37)16-35-25(39)28(32,33)34/h1-4,9-12,19H,5-8,13-18H2,(H,35,39)(H,36,38). The molecule has 2 amide bonds. The normalized spacial score (nSPS) is 18.8. The summed E-state index contributed by atoms with van der Waals surface area (Å²) in [5.74, 6) is -2.72. The van der Waals surface area contributed by atoms with Crippen LogP contribution in [0.1, 0.15) is 43.2 Å². The second kappa shape index (κ2) is 11.6. The van der Waals surface area contributed by atoms with Crippen LogP contribution in [0.4, 0.5) is 26.3 Å². The minimum absolute atomic E-state index is 0.0507. The zero-order valence-electron chi connectivity index (χ0n) is 21.3. The van der Waals surface area contributed by atoms with E-state index in [9.17, 15) is 35.9 Å². The molecule has 11 heteroatoms. The summed E-state index contributed by atoms with van der Waals surface area (Å²) >= 11 is 0. The molecule has 2 aliphatic rings. The first-order valence-electron chi connectivity index (χ1n) is 13.0. The third-order valence-corrected chi connectivity index (χ3v) is 7.59. The molecule has 1 saturated heterocycles. The number of hydrogen-bond donors (Lipinski definition) is 2. The minimum atomic E-state index is -4.91. The Bertz CT molecular complexity index is 1130. The number of carbonyl (C=O) groups is 2. The Hall–Kier alpha value is -3.08. The van der Waals surface area contributed by atoms with Gasteiger partial charge in [0.25, 0.3) is 0 Å². The van der Waals surface area contributed by atoms with Gasteiger partial charge in [0.05, 0.1) is 0 Å². The third kappa shape index (κ3) is 6.57. The molecule has 2 N–H and O–H groups in total. The van der Waals surface area contributed by atoms with Crippen molar-refractivity contribution in [2.45, 2.75) is 49.9 Å². The number of benzene rings is 2. The summed E-state index contributed by atoms with van der Waals surface area (Å²) in [7, 11) is 0. The lowest BCUT2D eigenvalue weighted by atomic mass is 9.73. The molecule has 4 rings (SSSR count). The molecular weight excluding hydrogens is 524 g/mol. The number of halogens is 6. The van der Waals surface area contributed by atoms with Crippen LogP contribution in [0, 0.1) is 5.92 Å². The molecule has 212 valence electrons. The van der Waals surface area contributed by atoms with E-state index in [0.717, 1.165) is 24.1 Å². The van der Waals surface area contributed by atoms with E-state index < -0.39 is 36.1 Å². The van der Waals surface area contributed by atoms with Crippen molar-refractivity contribution in [2.75, 3.05) is 32.7 Å². The van der Waals surface area contributed by atoms with Gasteiger partial charge in [-0.3, -0.25) is 9.59 Å². The summed E-state index contributed by atoms with van der Waals surface area (Å²) in [6.45, 7) is 0.476. The van der Waals surface area contributed by atoms with Crippen LogP contribution in [0.15, 0.2) is 48.5 Å². The molecule has 1 atom stereocenters. The first-order chi connectivity index (χ1) is 18.4. The lowest BCUT2D eigenvalue weighted by Gasteiger charge is -2.34. The minimum Gasteiger partial charge on any atom is -0.348 e. The van der Waals surface area contributed by atoms with Crippen LogP contribution in [0.3, 0.4) is 0 Å². The number of unbranched alkanes of at least 4 members (excludes halogenated alkanes) is 1. The van der Waals surface area contributed by atoms with E-state index >= 15 is 0 Å². The molecule has 2 aromatic rings. The Kier molecular flexibility index (Phi) is 8.58. The summed E-state index contributed by atoms with van der Waals surface area (Å²) in [5, 5.41) is 4.09. The number of piperidine rings is 1. The van der Waals surface area contributed by atoms with Crippen molar-refractivity contribution in [3.05, 3.63) is 59.7 Å². The Balaban J connectivity index is 1.43. The van der Waals surface area contributed by atoms with E-state index in [2.05, 4.69) is 10.2 Å². The van der Waals surface area contributed by atoms with Crippen molar-refractivity contribution in [1.82, 2.24) is 15.5 Å². The topological polar surface area (TPSA) is 61.4 Å².